The van der Waals surface area contributed by atoms with Crippen LogP contribution in [0.4, 0.5) is 5.69 Å². The Morgan fingerprint density at radius 2 is 1.62 bits per heavy atom. The Bertz CT molecular complexity index is 623. The Morgan fingerprint density at radius 1 is 1.00 bits per heavy atom. The molecule has 1 amide bonds. The van der Waals surface area contributed by atoms with Crippen molar-refractivity contribution in [1.29, 1.82) is 0 Å². The molecule has 3 nitrogen and oxygen atoms in total. The van der Waals surface area contributed by atoms with Crippen molar-refractivity contribution in [2.24, 2.45) is 0 Å². The zero-order chi connectivity index (χ0) is 16.7. The summed E-state index contributed by atoms with van der Waals surface area (Å²) < 4.78 is 0. The molecule has 4 heteroatoms. The van der Waals surface area contributed by atoms with Crippen LogP contribution in [0.1, 0.15) is 23.6 Å². The molecule has 130 valence electrons. The van der Waals surface area contributed by atoms with Gasteiger partial charge in [-0.3, -0.25) is 9.69 Å². The molecule has 2 rings (SSSR count). The molecule has 0 bridgehead atoms. The van der Waals surface area contributed by atoms with E-state index < -0.39 is 0 Å². The molecule has 1 N–H and O–H groups in total. The maximum atomic E-state index is 12.3. The molecular weight excluding hydrogens is 320 g/mol. The van der Waals surface area contributed by atoms with E-state index in [0.29, 0.717) is 6.54 Å². The third-order valence-electron chi connectivity index (χ3n) is 4.12. The number of carbonyl (C=O) groups excluding carboxylic acids is 1. The lowest BCUT2D eigenvalue weighted by Gasteiger charge is -2.20. The molecule has 0 aliphatic carbocycles. The van der Waals surface area contributed by atoms with Crippen molar-refractivity contribution in [1.82, 2.24) is 4.90 Å². The first-order valence-corrected chi connectivity index (χ1v) is 8.22. The van der Waals surface area contributed by atoms with Gasteiger partial charge in [-0.25, -0.2) is 0 Å². The fraction of sp³-hybridized carbons (Fsp3) is 0.350. The average Bonchev–Trinajstić information content (AvgIpc) is 2.56. The minimum absolute atomic E-state index is 0. The Kier molecular flexibility index (Phi) is 8.51. The summed E-state index contributed by atoms with van der Waals surface area (Å²) in [6.45, 7) is 8.33. The summed E-state index contributed by atoms with van der Waals surface area (Å²) in [6.07, 6.45) is 0.964. The number of carbonyl (C=O) groups is 1. The van der Waals surface area contributed by atoms with E-state index in [2.05, 4.69) is 41.4 Å². The van der Waals surface area contributed by atoms with E-state index in [4.69, 9.17) is 0 Å². The summed E-state index contributed by atoms with van der Waals surface area (Å²) in [7, 11) is 0. The lowest BCUT2D eigenvalue weighted by Crippen LogP contribution is -2.34. The second-order valence-electron chi connectivity index (χ2n) is 5.92. The van der Waals surface area contributed by atoms with E-state index in [1.54, 1.807) is 0 Å². The van der Waals surface area contributed by atoms with Crippen molar-refractivity contribution in [3.05, 3.63) is 65.2 Å². The topological polar surface area (TPSA) is 32.3 Å². The Balaban J connectivity index is 0.00000288. The van der Waals surface area contributed by atoms with Gasteiger partial charge in [-0.2, -0.15) is 0 Å². The average molecular weight is 347 g/mol. The molecule has 2 aromatic carbocycles. The standard InChI is InChI=1S/C20H26N2O.ClH/c1-4-22(14-13-18-11-6-5-7-12-18)15-19(23)21-20-16(2)9-8-10-17(20)3;/h5-12H,4,13-15H2,1-3H3,(H,21,23);1H. The number of likely N-dealkylation sites (N-methyl/N-ethyl adjacent to an activating group) is 1. The molecule has 0 aliphatic heterocycles. The number of rotatable bonds is 7. The number of para-hydroxylation sites is 1. The van der Waals surface area contributed by atoms with Gasteiger partial charge >= 0.3 is 0 Å². The molecule has 0 unspecified atom stereocenters. The van der Waals surface area contributed by atoms with Gasteiger partial charge < -0.3 is 5.32 Å². The molecule has 0 atom stereocenters. The molecule has 0 saturated heterocycles. The Morgan fingerprint density at radius 3 is 2.21 bits per heavy atom. The highest BCUT2D eigenvalue weighted by Crippen LogP contribution is 2.19. The normalized spacial score (nSPS) is 10.3. The van der Waals surface area contributed by atoms with Gasteiger partial charge in [0.05, 0.1) is 6.54 Å². The first-order valence-electron chi connectivity index (χ1n) is 8.22. The van der Waals surface area contributed by atoms with Crippen LogP contribution in [0.25, 0.3) is 0 Å². The zero-order valence-corrected chi connectivity index (χ0v) is 15.5. The lowest BCUT2D eigenvalue weighted by molar-refractivity contribution is -0.117. The highest BCUT2D eigenvalue weighted by atomic mass is 35.5. The predicted molar refractivity (Wildman–Crippen MR) is 104 cm³/mol. The number of nitrogens with one attached hydrogen (secondary N) is 1. The number of aryl methyl sites for hydroxylation is 2. The monoisotopic (exact) mass is 346 g/mol. The molecule has 0 saturated carbocycles. The molecule has 0 spiro atoms. The summed E-state index contributed by atoms with van der Waals surface area (Å²) in [6, 6.07) is 16.5. The molecule has 24 heavy (non-hydrogen) atoms. The van der Waals surface area contributed by atoms with E-state index >= 15 is 0 Å². The van der Waals surface area contributed by atoms with E-state index in [-0.39, 0.29) is 18.3 Å². The minimum Gasteiger partial charge on any atom is -0.324 e. The SMILES string of the molecule is CCN(CCc1ccccc1)CC(=O)Nc1c(C)cccc1C.Cl. The third-order valence-corrected chi connectivity index (χ3v) is 4.12. The quantitative estimate of drug-likeness (QED) is 0.813. The number of nitrogens with zero attached hydrogens (tertiary/aromatic N) is 1. The minimum atomic E-state index is 0. The van der Waals surface area contributed by atoms with Crippen molar-refractivity contribution in [3.63, 3.8) is 0 Å². The lowest BCUT2D eigenvalue weighted by atomic mass is 10.1. The third kappa shape index (κ3) is 5.99. The van der Waals surface area contributed by atoms with Crippen molar-refractivity contribution in [3.8, 4) is 0 Å². The van der Waals surface area contributed by atoms with E-state index in [1.165, 1.54) is 5.56 Å². The molecule has 0 aromatic heterocycles. The Hall–Kier alpha value is -1.84. The summed E-state index contributed by atoms with van der Waals surface area (Å²) >= 11 is 0. The van der Waals surface area contributed by atoms with Crippen molar-refractivity contribution >= 4 is 24.0 Å². The number of hydrogen-bond acceptors (Lipinski definition) is 2. The number of anilines is 1. The Labute approximate surface area is 151 Å². The number of benzene rings is 2. The van der Waals surface area contributed by atoms with Crippen LogP contribution in [0.2, 0.25) is 0 Å². The molecule has 0 fully saturated rings. The first kappa shape index (κ1) is 20.2. The smallest absolute Gasteiger partial charge is 0.238 e. The van der Waals surface area contributed by atoms with Gasteiger partial charge in [-0.1, -0.05) is 55.5 Å². The zero-order valence-electron chi connectivity index (χ0n) is 14.7. The van der Waals surface area contributed by atoms with Gasteiger partial charge in [0.25, 0.3) is 0 Å². The van der Waals surface area contributed by atoms with E-state index in [1.807, 2.05) is 38.1 Å². The van der Waals surface area contributed by atoms with Gasteiger partial charge in [-0.15, -0.1) is 12.4 Å². The van der Waals surface area contributed by atoms with Crippen LogP contribution in [0.15, 0.2) is 48.5 Å². The van der Waals surface area contributed by atoms with E-state index in [9.17, 15) is 4.79 Å². The van der Waals surface area contributed by atoms with Gasteiger partial charge in [0.1, 0.15) is 0 Å². The molecular formula is C20H27ClN2O. The van der Waals surface area contributed by atoms with Crippen molar-refractivity contribution < 1.29 is 4.79 Å². The van der Waals surface area contributed by atoms with Gasteiger partial charge in [0, 0.05) is 12.2 Å². The summed E-state index contributed by atoms with van der Waals surface area (Å²) in [5.41, 5.74) is 4.45. The first-order chi connectivity index (χ1) is 11.1. The largest absolute Gasteiger partial charge is 0.324 e. The maximum Gasteiger partial charge on any atom is 0.238 e. The van der Waals surface area contributed by atoms with Crippen LogP contribution in [0.3, 0.4) is 0 Å². The molecule has 2 aromatic rings. The number of hydrogen-bond donors (Lipinski definition) is 1. The van der Waals surface area contributed by atoms with Gasteiger partial charge in [-0.05, 0) is 43.5 Å². The molecule has 0 radical (unpaired) electrons. The van der Waals surface area contributed by atoms with Crippen molar-refractivity contribution in [2.45, 2.75) is 27.2 Å². The maximum absolute atomic E-state index is 12.3. The van der Waals surface area contributed by atoms with Crippen LogP contribution in [-0.4, -0.2) is 30.4 Å². The number of amides is 1. The van der Waals surface area contributed by atoms with Crippen LogP contribution < -0.4 is 5.32 Å². The summed E-state index contributed by atoms with van der Waals surface area (Å²) in [5.74, 6) is 0.0531. The number of halogens is 1. The summed E-state index contributed by atoms with van der Waals surface area (Å²) in [5, 5.41) is 3.06. The van der Waals surface area contributed by atoms with Crippen LogP contribution in [0.5, 0.6) is 0 Å². The fourth-order valence-electron chi connectivity index (χ4n) is 2.67. The van der Waals surface area contributed by atoms with Gasteiger partial charge in [0.15, 0.2) is 0 Å². The van der Waals surface area contributed by atoms with E-state index in [0.717, 1.165) is 36.3 Å². The fourth-order valence-corrected chi connectivity index (χ4v) is 2.67. The second kappa shape index (κ2) is 10.1. The van der Waals surface area contributed by atoms with Crippen LogP contribution in [0, 0.1) is 13.8 Å². The second-order valence-corrected chi connectivity index (χ2v) is 5.92. The predicted octanol–water partition coefficient (Wildman–Crippen LogP) is 4.23. The highest BCUT2D eigenvalue weighted by molar-refractivity contribution is 5.93. The molecule has 0 heterocycles. The van der Waals surface area contributed by atoms with Crippen LogP contribution in [-0.2, 0) is 11.2 Å². The van der Waals surface area contributed by atoms with Gasteiger partial charge in [0.2, 0.25) is 5.91 Å². The van der Waals surface area contributed by atoms with Crippen molar-refractivity contribution in [2.75, 3.05) is 25.0 Å². The highest BCUT2D eigenvalue weighted by Gasteiger charge is 2.11. The molecule has 0 aliphatic rings. The van der Waals surface area contributed by atoms with Crippen LogP contribution >= 0.6 is 12.4 Å². The summed E-state index contributed by atoms with van der Waals surface area (Å²) in [4.78, 5) is 14.5.